The standard InChI is InChI=1S/C29H30ClN5O2/c1-20-17-23(8-7-21-5-3-2-4-6-21)18-31-27(20)33-28(36)26-25(30)19-32-35(26)16-13-22-11-14-34(15-12-22)29(37)24-9-10-24/h2-6,17-19,22,24H,9-16H2,1H3,(H,31,33,36). The van der Waals surface area contributed by atoms with Gasteiger partial charge in [-0.1, -0.05) is 41.6 Å². The van der Waals surface area contributed by atoms with Gasteiger partial charge in [0.25, 0.3) is 5.91 Å². The number of rotatable bonds is 6. The van der Waals surface area contributed by atoms with Crippen LogP contribution in [0.15, 0.2) is 48.8 Å². The Morgan fingerprint density at radius 3 is 2.49 bits per heavy atom. The Hall–Kier alpha value is -3.63. The van der Waals surface area contributed by atoms with E-state index in [1.54, 1.807) is 10.9 Å². The summed E-state index contributed by atoms with van der Waals surface area (Å²) < 4.78 is 1.68. The third-order valence-corrected chi connectivity index (χ3v) is 7.32. The highest BCUT2D eigenvalue weighted by atomic mass is 35.5. The molecule has 1 saturated heterocycles. The van der Waals surface area contributed by atoms with E-state index in [4.69, 9.17) is 11.6 Å². The zero-order valence-corrected chi connectivity index (χ0v) is 21.7. The van der Waals surface area contributed by atoms with Gasteiger partial charge in [0.05, 0.1) is 11.2 Å². The van der Waals surface area contributed by atoms with Crippen molar-refractivity contribution in [2.45, 2.75) is 45.6 Å². The molecule has 2 aromatic heterocycles. The number of likely N-dealkylation sites (tertiary alicyclic amines) is 1. The third-order valence-electron chi connectivity index (χ3n) is 7.05. The second-order valence-electron chi connectivity index (χ2n) is 9.86. The Labute approximate surface area is 222 Å². The van der Waals surface area contributed by atoms with Crippen molar-refractivity contribution in [3.63, 3.8) is 0 Å². The zero-order chi connectivity index (χ0) is 25.8. The Kier molecular flexibility index (Phi) is 7.57. The van der Waals surface area contributed by atoms with Gasteiger partial charge in [-0.2, -0.15) is 5.10 Å². The summed E-state index contributed by atoms with van der Waals surface area (Å²) in [7, 11) is 0. The molecule has 0 bridgehead atoms. The van der Waals surface area contributed by atoms with E-state index in [9.17, 15) is 9.59 Å². The zero-order valence-electron chi connectivity index (χ0n) is 20.9. The molecule has 1 saturated carbocycles. The maximum atomic E-state index is 13.1. The number of aryl methyl sites for hydroxylation is 2. The maximum absolute atomic E-state index is 13.1. The van der Waals surface area contributed by atoms with E-state index in [-0.39, 0.29) is 11.8 Å². The predicted octanol–water partition coefficient (Wildman–Crippen LogP) is 4.93. The molecule has 0 spiro atoms. The SMILES string of the molecule is Cc1cc(C#Cc2ccccc2)cnc1NC(=O)c1c(Cl)cnn1CCC1CCN(C(=O)C2CC2)CC1. The van der Waals surface area contributed by atoms with E-state index in [2.05, 4.69) is 27.2 Å². The predicted molar refractivity (Wildman–Crippen MR) is 143 cm³/mol. The second-order valence-corrected chi connectivity index (χ2v) is 10.3. The van der Waals surface area contributed by atoms with Gasteiger partial charge in [-0.25, -0.2) is 4.98 Å². The van der Waals surface area contributed by atoms with Gasteiger partial charge in [0, 0.05) is 42.9 Å². The van der Waals surface area contributed by atoms with Crippen molar-refractivity contribution in [1.82, 2.24) is 19.7 Å². The number of piperidine rings is 1. The van der Waals surface area contributed by atoms with Crippen LogP contribution in [-0.4, -0.2) is 44.6 Å². The topological polar surface area (TPSA) is 80.1 Å². The van der Waals surface area contributed by atoms with Crippen molar-refractivity contribution in [2.75, 3.05) is 18.4 Å². The van der Waals surface area contributed by atoms with Gasteiger partial charge < -0.3 is 10.2 Å². The van der Waals surface area contributed by atoms with E-state index < -0.39 is 0 Å². The van der Waals surface area contributed by atoms with Crippen molar-refractivity contribution in [1.29, 1.82) is 0 Å². The summed E-state index contributed by atoms with van der Waals surface area (Å²) in [6.45, 7) is 4.13. The lowest BCUT2D eigenvalue weighted by molar-refractivity contribution is -0.134. The molecule has 1 aliphatic carbocycles. The van der Waals surface area contributed by atoms with Gasteiger partial charge in [-0.3, -0.25) is 14.3 Å². The number of aromatic nitrogens is 3. The summed E-state index contributed by atoms with van der Waals surface area (Å²) in [6, 6.07) is 11.7. The van der Waals surface area contributed by atoms with Crippen LogP contribution >= 0.6 is 11.6 Å². The lowest BCUT2D eigenvalue weighted by Crippen LogP contribution is -2.39. The molecule has 37 heavy (non-hydrogen) atoms. The summed E-state index contributed by atoms with van der Waals surface area (Å²) in [5.74, 6) is 7.45. The molecule has 8 heteroatoms. The largest absolute Gasteiger partial charge is 0.342 e. The second kappa shape index (κ2) is 11.2. The van der Waals surface area contributed by atoms with E-state index in [1.165, 1.54) is 6.20 Å². The van der Waals surface area contributed by atoms with Crippen LogP contribution in [0.25, 0.3) is 0 Å². The van der Waals surface area contributed by atoms with Crippen molar-refractivity contribution < 1.29 is 9.59 Å². The van der Waals surface area contributed by atoms with Crippen LogP contribution in [0.3, 0.4) is 0 Å². The molecule has 1 aromatic carbocycles. The molecule has 1 N–H and O–H groups in total. The van der Waals surface area contributed by atoms with Crippen LogP contribution in [-0.2, 0) is 11.3 Å². The molecular weight excluding hydrogens is 486 g/mol. The first-order valence-corrected chi connectivity index (χ1v) is 13.2. The lowest BCUT2D eigenvalue weighted by atomic mass is 9.93. The number of carbonyl (C=O) groups excluding carboxylic acids is 2. The molecule has 0 radical (unpaired) electrons. The maximum Gasteiger partial charge on any atom is 0.276 e. The number of carbonyl (C=O) groups is 2. The van der Waals surface area contributed by atoms with E-state index >= 15 is 0 Å². The van der Waals surface area contributed by atoms with Crippen molar-refractivity contribution in [3.8, 4) is 11.8 Å². The minimum atomic E-state index is -0.342. The number of amides is 2. The van der Waals surface area contributed by atoms with Gasteiger partial charge in [0.1, 0.15) is 11.5 Å². The Balaban J connectivity index is 1.18. The number of pyridine rings is 1. The summed E-state index contributed by atoms with van der Waals surface area (Å²) in [5, 5.41) is 7.54. The fourth-order valence-electron chi connectivity index (χ4n) is 4.70. The molecule has 5 rings (SSSR count). The molecule has 190 valence electrons. The first-order valence-electron chi connectivity index (χ1n) is 12.8. The summed E-state index contributed by atoms with van der Waals surface area (Å²) in [5.41, 5.74) is 2.84. The van der Waals surface area contributed by atoms with E-state index in [1.807, 2.05) is 48.2 Å². The fourth-order valence-corrected chi connectivity index (χ4v) is 4.93. The van der Waals surface area contributed by atoms with Crippen molar-refractivity contribution in [2.24, 2.45) is 11.8 Å². The molecule has 0 unspecified atom stereocenters. The third kappa shape index (κ3) is 6.20. The first-order chi connectivity index (χ1) is 18.0. The van der Waals surface area contributed by atoms with Gasteiger partial charge in [-0.05, 0) is 68.7 Å². The van der Waals surface area contributed by atoms with Crippen molar-refractivity contribution >= 4 is 29.2 Å². The minimum absolute atomic E-state index is 0.278. The van der Waals surface area contributed by atoms with Crippen molar-refractivity contribution in [3.05, 3.63) is 76.2 Å². The summed E-state index contributed by atoms with van der Waals surface area (Å²) in [6.07, 6.45) is 8.11. The van der Waals surface area contributed by atoms with Gasteiger partial charge in [0.15, 0.2) is 0 Å². The number of hydrogen-bond acceptors (Lipinski definition) is 4. The molecular formula is C29H30ClN5O2. The average Bonchev–Trinajstić information content (AvgIpc) is 3.70. The first kappa shape index (κ1) is 25.0. The van der Waals surface area contributed by atoms with E-state index in [0.717, 1.165) is 61.9 Å². The van der Waals surface area contributed by atoms with Crippen LogP contribution in [0.4, 0.5) is 5.82 Å². The summed E-state index contributed by atoms with van der Waals surface area (Å²) >= 11 is 6.35. The number of nitrogens with zero attached hydrogens (tertiary/aromatic N) is 4. The lowest BCUT2D eigenvalue weighted by Gasteiger charge is -2.32. The number of halogens is 1. The Morgan fingerprint density at radius 2 is 1.78 bits per heavy atom. The number of anilines is 1. The monoisotopic (exact) mass is 515 g/mol. The molecule has 0 atom stereocenters. The highest BCUT2D eigenvalue weighted by molar-refractivity contribution is 6.34. The molecule has 2 aliphatic rings. The molecule has 3 aromatic rings. The van der Waals surface area contributed by atoms with Crippen LogP contribution in [0.1, 0.15) is 59.3 Å². The highest BCUT2D eigenvalue weighted by Crippen LogP contribution is 2.33. The van der Waals surface area contributed by atoms with Crippen LogP contribution < -0.4 is 5.32 Å². The number of benzene rings is 1. The highest BCUT2D eigenvalue weighted by Gasteiger charge is 2.34. The Morgan fingerprint density at radius 1 is 1.05 bits per heavy atom. The fraction of sp³-hybridized carbons (Fsp3) is 0.379. The van der Waals surface area contributed by atoms with Gasteiger partial charge in [0.2, 0.25) is 5.91 Å². The minimum Gasteiger partial charge on any atom is -0.342 e. The molecule has 2 fully saturated rings. The Bertz CT molecular complexity index is 1350. The quantitative estimate of drug-likeness (QED) is 0.472. The molecule has 2 amide bonds. The smallest absolute Gasteiger partial charge is 0.276 e. The molecule has 7 nitrogen and oxygen atoms in total. The average molecular weight is 516 g/mol. The van der Waals surface area contributed by atoms with Crippen LogP contribution in [0, 0.1) is 30.6 Å². The van der Waals surface area contributed by atoms with Crippen LogP contribution in [0.2, 0.25) is 5.02 Å². The normalized spacial score (nSPS) is 15.7. The van der Waals surface area contributed by atoms with Gasteiger partial charge in [-0.15, -0.1) is 0 Å². The summed E-state index contributed by atoms with van der Waals surface area (Å²) in [4.78, 5) is 31.9. The van der Waals surface area contributed by atoms with Crippen LogP contribution in [0.5, 0.6) is 0 Å². The molecule has 3 heterocycles. The number of hydrogen-bond donors (Lipinski definition) is 1. The van der Waals surface area contributed by atoms with E-state index in [0.29, 0.717) is 34.9 Å². The van der Waals surface area contributed by atoms with Gasteiger partial charge >= 0.3 is 0 Å². The molecule has 1 aliphatic heterocycles. The number of nitrogens with one attached hydrogen (secondary N) is 1.